The van der Waals surface area contributed by atoms with E-state index in [1.54, 1.807) is 0 Å². The summed E-state index contributed by atoms with van der Waals surface area (Å²) in [5.41, 5.74) is 0. The van der Waals surface area contributed by atoms with Gasteiger partial charge in [-0.15, -0.1) is 0 Å². The number of isocyanates is 2. The summed E-state index contributed by atoms with van der Waals surface area (Å²) in [4.78, 5) is 16.7. The lowest BCUT2D eigenvalue weighted by Crippen LogP contribution is -1.85. The molecule has 1 aliphatic carbocycles. The molecule has 0 spiro atoms. The van der Waals surface area contributed by atoms with Crippen molar-refractivity contribution in [2.45, 2.75) is 52.4 Å². The van der Waals surface area contributed by atoms with Gasteiger partial charge in [-0.3, -0.25) is 0 Å². The molecule has 0 aromatic rings. The maximum atomic E-state index is 8.35. The number of hydrogen-bond donors (Lipinski definition) is 2. The van der Waals surface area contributed by atoms with Gasteiger partial charge >= 0.3 is 0 Å². The Morgan fingerprint density at radius 3 is 0.857 bits per heavy atom. The lowest BCUT2D eigenvalue weighted by Gasteiger charge is -2.05. The predicted octanol–water partition coefficient (Wildman–Crippen LogP) is 3.17. The summed E-state index contributed by atoms with van der Waals surface area (Å²) in [7, 11) is 0. The molecule has 14 heavy (non-hydrogen) atoms. The van der Waals surface area contributed by atoms with Crippen molar-refractivity contribution in [3.8, 4) is 0 Å². The molecule has 4 heteroatoms. The Hall–Kier alpha value is -1.24. The fourth-order valence-corrected chi connectivity index (χ4v) is 1.06. The van der Waals surface area contributed by atoms with Crippen LogP contribution in [0.4, 0.5) is 0 Å². The summed E-state index contributed by atoms with van der Waals surface area (Å²) in [5.74, 6) is 0. The molecular formula is C10H20N2O2. The third-order valence-corrected chi connectivity index (χ3v) is 1.50. The van der Waals surface area contributed by atoms with Crippen LogP contribution < -0.4 is 0 Å². The van der Waals surface area contributed by atoms with Crippen LogP contribution in [0.5, 0.6) is 0 Å². The second kappa shape index (κ2) is 29.8. The molecule has 0 aliphatic heterocycles. The van der Waals surface area contributed by atoms with E-state index in [0.717, 1.165) is 12.2 Å². The monoisotopic (exact) mass is 200 g/mol. The molecule has 0 radical (unpaired) electrons. The number of hydrogen-bond acceptors (Lipinski definition) is 4. The molecule has 0 amide bonds. The first-order valence-corrected chi connectivity index (χ1v) is 4.91. The van der Waals surface area contributed by atoms with E-state index in [1.165, 1.54) is 38.5 Å². The Labute approximate surface area is 85.7 Å². The maximum Gasteiger partial charge on any atom is 0.231 e. The Morgan fingerprint density at radius 2 is 0.786 bits per heavy atom. The van der Waals surface area contributed by atoms with E-state index in [0.29, 0.717) is 0 Å². The van der Waals surface area contributed by atoms with Crippen LogP contribution in [0.3, 0.4) is 0 Å². The predicted molar refractivity (Wildman–Crippen MR) is 55.9 cm³/mol. The molecule has 0 unspecified atom stereocenters. The van der Waals surface area contributed by atoms with E-state index >= 15 is 0 Å². The lowest BCUT2D eigenvalue weighted by molar-refractivity contribution is 0.504. The van der Waals surface area contributed by atoms with Crippen molar-refractivity contribution in [3.05, 3.63) is 0 Å². The molecule has 1 saturated carbocycles. The zero-order valence-electron chi connectivity index (χ0n) is 9.06. The first kappa shape index (κ1) is 18.5. The molecule has 0 heterocycles. The standard InChI is InChI=1S/C6H12.C2H6.2CHNO/c1-2-4-6-5-3-1;1-2;2*2-1-3/h1-6H2;1-2H3;2*2H. The average molecular weight is 200 g/mol. The van der Waals surface area contributed by atoms with Crippen LogP contribution in [-0.4, -0.2) is 12.2 Å². The van der Waals surface area contributed by atoms with Crippen molar-refractivity contribution < 1.29 is 9.59 Å². The maximum absolute atomic E-state index is 8.35. The van der Waals surface area contributed by atoms with Gasteiger partial charge in [0.25, 0.3) is 0 Å². The normalized spacial score (nSPS) is 11.9. The van der Waals surface area contributed by atoms with Gasteiger partial charge in [-0.1, -0.05) is 52.4 Å². The zero-order chi connectivity index (χ0) is 11.7. The minimum absolute atomic E-state index is 0.750. The highest BCUT2D eigenvalue weighted by molar-refractivity contribution is 5.26. The molecule has 4 nitrogen and oxygen atoms in total. The first-order valence-electron chi connectivity index (χ1n) is 4.91. The Kier molecular flexibility index (Phi) is 39.4. The number of carbonyl (C=O) groups excluding carboxylic acids is 2. The minimum Gasteiger partial charge on any atom is -0.222 e. The summed E-state index contributed by atoms with van der Waals surface area (Å²) in [6.45, 7) is 4.00. The summed E-state index contributed by atoms with van der Waals surface area (Å²) in [6, 6.07) is 0. The third kappa shape index (κ3) is 45.2. The highest BCUT2D eigenvalue weighted by Gasteiger charge is 1.95. The largest absolute Gasteiger partial charge is 0.231 e. The topological polar surface area (TPSA) is 81.8 Å². The van der Waals surface area contributed by atoms with Crippen LogP contribution in [0.25, 0.3) is 0 Å². The van der Waals surface area contributed by atoms with Gasteiger partial charge in [-0.05, 0) is 0 Å². The summed E-state index contributed by atoms with van der Waals surface area (Å²) >= 11 is 0. The van der Waals surface area contributed by atoms with Crippen LogP contribution in [0.1, 0.15) is 52.4 Å². The second-order valence-corrected chi connectivity index (χ2v) is 2.33. The van der Waals surface area contributed by atoms with E-state index in [2.05, 4.69) is 0 Å². The lowest BCUT2D eigenvalue weighted by atomic mass is 10.0. The Balaban J connectivity index is -0.000000132. The average Bonchev–Trinajstić information content (AvgIpc) is 2.26. The summed E-state index contributed by atoms with van der Waals surface area (Å²) < 4.78 is 0. The van der Waals surface area contributed by atoms with E-state index in [4.69, 9.17) is 20.4 Å². The van der Waals surface area contributed by atoms with Crippen LogP contribution in [-0.2, 0) is 9.59 Å². The van der Waals surface area contributed by atoms with Crippen LogP contribution >= 0.6 is 0 Å². The van der Waals surface area contributed by atoms with Crippen molar-refractivity contribution in [2.24, 2.45) is 0 Å². The molecule has 1 fully saturated rings. The van der Waals surface area contributed by atoms with Gasteiger partial charge in [0.2, 0.25) is 12.2 Å². The van der Waals surface area contributed by atoms with Gasteiger partial charge in [0.1, 0.15) is 0 Å². The molecular weight excluding hydrogens is 180 g/mol. The fraction of sp³-hybridized carbons (Fsp3) is 0.800. The van der Waals surface area contributed by atoms with Crippen LogP contribution in [0.2, 0.25) is 0 Å². The Bertz CT molecular complexity index is 119. The molecule has 0 aromatic carbocycles. The molecule has 1 aliphatic rings. The molecule has 1 rings (SSSR count). The second-order valence-electron chi connectivity index (χ2n) is 2.33. The van der Waals surface area contributed by atoms with Gasteiger partial charge in [0.15, 0.2) is 0 Å². The van der Waals surface area contributed by atoms with Crippen molar-refractivity contribution in [2.75, 3.05) is 0 Å². The SMILES string of the molecule is C1CCCCC1.CC.N=C=O.N=C=O. The summed E-state index contributed by atoms with van der Waals surface area (Å²) in [5, 5.41) is 10.8. The van der Waals surface area contributed by atoms with E-state index < -0.39 is 0 Å². The van der Waals surface area contributed by atoms with Crippen LogP contribution in [0.15, 0.2) is 0 Å². The zero-order valence-corrected chi connectivity index (χ0v) is 9.06. The van der Waals surface area contributed by atoms with Crippen molar-refractivity contribution in [1.82, 2.24) is 0 Å². The van der Waals surface area contributed by atoms with E-state index in [9.17, 15) is 0 Å². The molecule has 0 aromatic heterocycles. The summed E-state index contributed by atoms with van der Waals surface area (Å²) in [6.07, 6.45) is 10.5. The minimum atomic E-state index is 0.750. The van der Waals surface area contributed by atoms with E-state index in [-0.39, 0.29) is 0 Å². The quantitative estimate of drug-likeness (QED) is 0.465. The van der Waals surface area contributed by atoms with Crippen LogP contribution in [0, 0.1) is 10.8 Å². The highest BCUT2D eigenvalue weighted by Crippen LogP contribution is 2.15. The van der Waals surface area contributed by atoms with Gasteiger partial charge in [-0.2, -0.15) is 0 Å². The third-order valence-electron chi connectivity index (χ3n) is 1.50. The van der Waals surface area contributed by atoms with Gasteiger partial charge in [0.05, 0.1) is 0 Å². The first-order chi connectivity index (χ1) is 6.83. The molecule has 2 N–H and O–H groups in total. The smallest absolute Gasteiger partial charge is 0.222 e. The molecule has 0 saturated heterocycles. The van der Waals surface area contributed by atoms with Gasteiger partial charge < -0.3 is 0 Å². The number of nitrogens with one attached hydrogen (secondary N) is 2. The van der Waals surface area contributed by atoms with Crippen molar-refractivity contribution in [3.63, 3.8) is 0 Å². The van der Waals surface area contributed by atoms with E-state index in [1.807, 2.05) is 13.8 Å². The van der Waals surface area contributed by atoms with Gasteiger partial charge in [-0.25, -0.2) is 20.4 Å². The molecule has 0 atom stereocenters. The van der Waals surface area contributed by atoms with Gasteiger partial charge in [0, 0.05) is 0 Å². The molecule has 82 valence electrons. The van der Waals surface area contributed by atoms with Crippen molar-refractivity contribution in [1.29, 1.82) is 10.8 Å². The van der Waals surface area contributed by atoms with Crippen molar-refractivity contribution >= 4 is 12.2 Å². The highest BCUT2D eigenvalue weighted by atomic mass is 16.1. The molecule has 0 bridgehead atoms. The number of rotatable bonds is 0. The fourth-order valence-electron chi connectivity index (χ4n) is 1.06. The Morgan fingerprint density at radius 1 is 0.714 bits per heavy atom.